The maximum atomic E-state index is 11.7. The van der Waals surface area contributed by atoms with Gasteiger partial charge in [-0.05, 0) is 31.9 Å². The lowest BCUT2D eigenvalue weighted by molar-refractivity contribution is -0.124. The van der Waals surface area contributed by atoms with E-state index in [1.165, 1.54) is 6.08 Å². The number of hydrogen-bond acceptors (Lipinski definition) is 4. The Hall–Kier alpha value is -2.50. The van der Waals surface area contributed by atoms with Gasteiger partial charge in [0.2, 0.25) is 5.91 Å². The molecular formula is C16H23N3O3. The van der Waals surface area contributed by atoms with E-state index < -0.39 is 0 Å². The lowest BCUT2D eigenvalue weighted by Gasteiger charge is -2.11. The van der Waals surface area contributed by atoms with Crippen LogP contribution in [0.1, 0.15) is 25.8 Å². The predicted octanol–water partition coefficient (Wildman–Crippen LogP) is 1.42. The summed E-state index contributed by atoms with van der Waals surface area (Å²) in [6.45, 7) is 6.09. The monoisotopic (exact) mass is 305 g/mol. The molecule has 0 aromatic heterocycles. The number of hydrogen-bond donors (Lipinski definition) is 3. The maximum absolute atomic E-state index is 11.7. The molecule has 120 valence electrons. The molecule has 2 amide bonds. The van der Waals surface area contributed by atoms with Crippen molar-refractivity contribution in [2.75, 3.05) is 13.2 Å². The minimum Gasteiger partial charge on any atom is -0.483 e. The number of nitrogens with one attached hydrogen (secondary N) is 3. The van der Waals surface area contributed by atoms with Crippen LogP contribution in [0.5, 0.6) is 5.75 Å². The highest BCUT2D eigenvalue weighted by atomic mass is 16.5. The molecule has 3 N–H and O–H groups in total. The largest absolute Gasteiger partial charge is 0.483 e. The molecule has 0 aliphatic heterocycles. The van der Waals surface area contributed by atoms with Crippen LogP contribution in [0, 0.1) is 6.92 Å². The van der Waals surface area contributed by atoms with E-state index in [-0.39, 0.29) is 18.4 Å². The fraction of sp³-hybridized carbons (Fsp3) is 0.375. The molecule has 0 aliphatic carbocycles. The number of benzene rings is 1. The third-order valence-corrected chi connectivity index (χ3v) is 2.75. The van der Waals surface area contributed by atoms with E-state index in [4.69, 9.17) is 4.74 Å². The first-order chi connectivity index (χ1) is 10.5. The van der Waals surface area contributed by atoms with Gasteiger partial charge in [0.15, 0.2) is 6.61 Å². The molecule has 0 atom stereocenters. The molecule has 0 heterocycles. The molecular weight excluding hydrogens is 282 g/mol. The van der Waals surface area contributed by atoms with Crippen LogP contribution >= 0.6 is 0 Å². The predicted molar refractivity (Wildman–Crippen MR) is 85.0 cm³/mol. The van der Waals surface area contributed by atoms with Crippen LogP contribution in [0.2, 0.25) is 0 Å². The van der Waals surface area contributed by atoms with Gasteiger partial charge in [0.25, 0.3) is 5.91 Å². The molecule has 0 unspecified atom stereocenters. The second-order valence-electron chi connectivity index (χ2n) is 4.85. The molecule has 0 spiro atoms. The average molecular weight is 305 g/mol. The molecule has 0 bridgehead atoms. The zero-order valence-corrected chi connectivity index (χ0v) is 13.2. The molecule has 0 saturated carbocycles. The van der Waals surface area contributed by atoms with Gasteiger partial charge in [0.1, 0.15) is 5.75 Å². The molecule has 0 fully saturated rings. The van der Waals surface area contributed by atoms with Crippen LogP contribution < -0.4 is 20.9 Å². The molecule has 1 aromatic rings. The molecule has 1 rings (SSSR count). The second-order valence-corrected chi connectivity index (χ2v) is 4.85. The molecule has 22 heavy (non-hydrogen) atoms. The summed E-state index contributed by atoms with van der Waals surface area (Å²) in [7, 11) is 0. The van der Waals surface area contributed by atoms with Crippen molar-refractivity contribution < 1.29 is 14.3 Å². The quantitative estimate of drug-likeness (QED) is 0.501. The lowest BCUT2D eigenvalue weighted by atomic mass is 10.2. The van der Waals surface area contributed by atoms with Crippen LogP contribution in [-0.2, 0) is 9.59 Å². The zero-order chi connectivity index (χ0) is 16.4. The number of hydrazine groups is 1. The van der Waals surface area contributed by atoms with Gasteiger partial charge in [-0.2, -0.15) is 0 Å². The molecule has 0 radical (unpaired) electrons. The highest BCUT2D eigenvalue weighted by Gasteiger charge is 2.04. The number of amides is 2. The Morgan fingerprint density at radius 2 is 1.95 bits per heavy atom. The zero-order valence-electron chi connectivity index (χ0n) is 13.2. The number of aryl methyl sites for hydroxylation is 1. The lowest BCUT2D eigenvalue weighted by Crippen LogP contribution is -2.39. The third kappa shape index (κ3) is 6.78. The number of allylic oxidation sites excluding steroid dienone is 1. The van der Waals surface area contributed by atoms with E-state index in [9.17, 15) is 9.59 Å². The van der Waals surface area contributed by atoms with Crippen LogP contribution in [-0.4, -0.2) is 25.0 Å². The smallest absolute Gasteiger partial charge is 0.276 e. The summed E-state index contributed by atoms with van der Waals surface area (Å²) in [5, 5.41) is 2.71. The fourth-order valence-corrected chi connectivity index (χ4v) is 1.60. The summed E-state index contributed by atoms with van der Waals surface area (Å²) >= 11 is 0. The van der Waals surface area contributed by atoms with Crippen molar-refractivity contribution in [3.8, 4) is 5.75 Å². The first kappa shape index (κ1) is 17.6. The SMILES string of the molecule is CCCNC(=O)C=C(C)NNC(=O)COc1ccccc1C. The van der Waals surface area contributed by atoms with Gasteiger partial charge in [-0.3, -0.25) is 15.0 Å². The van der Waals surface area contributed by atoms with E-state index in [0.717, 1.165) is 12.0 Å². The highest BCUT2D eigenvalue weighted by molar-refractivity contribution is 5.88. The van der Waals surface area contributed by atoms with E-state index in [0.29, 0.717) is 18.0 Å². The van der Waals surface area contributed by atoms with Gasteiger partial charge >= 0.3 is 0 Å². The first-order valence-corrected chi connectivity index (χ1v) is 7.22. The van der Waals surface area contributed by atoms with Gasteiger partial charge in [0.05, 0.1) is 0 Å². The Bertz CT molecular complexity index is 541. The topological polar surface area (TPSA) is 79.5 Å². The summed E-state index contributed by atoms with van der Waals surface area (Å²) in [6.07, 6.45) is 2.26. The Morgan fingerprint density at radius 3 is 2.64 bits per heavy atom. The van der Waals surface area contributed by atoms with Crippen molar-refractivity contribution >= 4 is 11.8 Å². The highest BCUT2D eigenvalue weighted by Crippen LogP contribution is 2.15. The first-order valence-electron chi connectivity index (χ1n) is 7.22. The summed E-state index contributed by atoms with van der Waals surface area (Å²) in [5.41, 5.74) is 6.64. The maximum Gasteiger partial charge on any atom is 0.276 e. The van der Waals surface area contributed by atoms with Gasteiger partial charge in [-0.1, -0.05) is 25.1 Å². The van der Waals surface area contributed by atoms with Gasteiger partial charge in [0, 0.05) is 18.3 Å². The van der Waals surface area contributed by atoms with Crippen molar-refractivity contribution in [2.24, 2.45) is 0 Å². The van der Waals surface area contributed by atoms with Crippen molar-refractivity contribution in [2.45, 2.75) is 27.2 Å². The normalized spacial score (nSPS) is 10.8. The summed E-state index contributed by atoms with van der Waals surface area (Å²) in [5.74, 6) is 0.145. The van der Waals surface area contributed by atoms with Crippen LogP contribution in [0.3, 0.4) is 0 Å². The molecule has 6 nitrogen and oxygen atoms in total. The third-order valence-electron chi connectivity index (χ3n) is 2.75. The van der Waals surface area contributed by atoms with Gasteiger partial charge < -0.3 is 15.5 Å². The molecule has 0 saturated heterocycles. The van der Waals surface area contributed by atoms with E-state index >= 15 is 0 Å². The summed E-state index contributed by atoms with van der Waals surface area (Å²) in [6, 6.07) is 7.47. The Balaban J connectivity index is 2.32. The minimum absolute atomic E-state index is 0.104. The number of rotatable bonds is 8. The summed E-state index contributed by atoms with van der Waals surface area (Å²) in [4.78, 5) is 23.1. The van der Waals surface area contributed by atoms with Crippen molar-refractivity contribution in [1.29, 1.82) is 0 Å². The summed E-state index contributed by atoms with van der Waals surface area (Å²) < 4.78 is 5.41. The van der Waals surface area contributed by atoms with E-state index in [1.54, 1.807) is 13.0 Å². The van der Waals surface area contributed by atoms with E-state index in [1.807, 2.05) is 32.0 Å². The molecule has 1 aromatic carbocycles. The van der Waals surface area contributed by atoms with Crippen LogP contribution in [0.4, 0.5) is 0 Å². The standard InChI is InChI=1S/C16H23N3O3/c1-4-9-17-15(20)10-13(3)18-19-16(21)11-22-14-8-6-5-7-12(14)2/h5-8,10,18H,4,9,11H2,1-3H3,(H,17,20)(H,19,21). The van der Waals surface area contributed by atoms with E-state index in [2.05, 4.69) is 16.2 Å². The minimum atomic E-state index is -0.329. The number of para-hydroxylation sites is 1. The average Bonchev–Trinajstić information content (AvgIpc) is 2.50. The van der Waals surface area contributed by atoms with Gasteiger partial charge in [-0.25, -0.2) is 0 Å². The molecule has 0 aliphatic rings. The Kier molecular flexibility index (Phi) is 7.53. The number of carbonyl (C=O) groups excluding carboxylic acids is 2. The van der Waals surface area contributed by atoms with Crippen LogP contribution in [0.25, 0.3) is 0 Å². The number of carbonyl (C=O) groups is 2. The fourth-order valence-electron chi connectivity index (χ4n) is 1.60. The van der Waals surface area contributed by atoms with Crippen LogP contribution in [0.15, 0.2) is 36.0 Å². The van der Waals surface area contributed by atoms with Gasteiger partial charge in [-0.15, -0.1) is 0 Å². The van der Waals surface area contributed by atoms with Crippen molar-refractivity contribution in [1.82, 2.24) is 16.2 Å². The second kappa shape index (κ2) is 9.44. The Morgan fingerprint density at radius 1 is 1.23 bits per heavy atom. The Labute approximate surface area is 130 Å². The molecule has 6 heteroatoms. The number of ether oxygens (including phenoxy) is 1. The van der Waals surface area contributed by atoms with Crippen molar-refractivity contribution in [3.63, 3.8) is 0 Å². The van der Waals surface area contributed by atoms with Crippen molar-refractivity contribution in [3.05, 3.63) is 41.6 Å².